The summed E-state index contributed by atoms with van der Waals surface area (Å²) in [7, 11) is 0. The van der Waals surface area contributed by atoms with Crippen LogP contribution in [-0.2, 0) is 0 Å². The van der Waals surface area contributed by atoms with Gasteiger partial charge in [0.25, 0.3) is 0 Å². The minimum absolute atomic E-state index is 0.0158. The van der Waals surface area contributed by atoms with Gasteiger partial charge in [0.2, 0.25) is 0 Å². The third-order valence-electron chi connectivity index (χ3n) is 2.13. The first-order chi connectivity index (χ1) is 9.13. The van der Waals surface area contributed by atoms with Crippen molar-refractivity contribution in [3.63, 3.8) is 0 Å². The Morgan fingerprint density at radius 3 is 2.95 bits per heavy atom. The summed E-state index contributed by atoms with van der Waals surface area (Å²) < 4.78 is 0.511. The van der Waals surface area contributed by atoms with E-state index in [0.29, 0.717) is 26.5 Å². The van der Waals surface area contributed by atoms with Gasteiger partial charge in [-0.25, -0.2) is 19.9 Å². The van der Waals surface area contributed by atoms with Gasteiger partial charge < -0.3 is 10.7 Å². The van der Waals surface area contributed by atoms with Crippen molar-refractivity contribution >= 4 is 45.1 Å². The summed E-state index contributed by atoms with van der Waals surface area (Å²) in [6.07, 6.45) is 2.53. The minimum atomic E-state index is -0.482. The monoisotopic (exact) mass is 295 g/mol. The first kappa shape index (κ1) is 11.8. The molecule has 0 aromatic carbocycles. The van der Waals surface area contributed by atoms with Gasteiger partial charge in [-0.3, -0.25) is 10.1 Å². The van der Waals surface area contributed by atoms with Crippen LogP contribution in [0.4, 0.5) is 10.8 Å². The average molecular weight is 295 g/mol. The molecular weight excluding hydrogens is 290 g/mol. The Morgan fingerprint density at radius 1 is 1.42 bits per heavy atom. The van der Waals surface area contributed by atoms with Crippen molar-refractivity contribution in [1.82, 2.24) is 24.9 Å². The van der Waals surface area contributed by atoms with Crippen LogP contribution < -0.4 is 5.73 Å². The van der Waals surface area contributed by atoms with Crippen LogP contribution in [0, 0.1) is 10.1 Å². The second-order valence-corrected chi connectivity index (χ2v) is 5.57. The maximum Gasteiger partial charge on any atom is 0.344 e. The lowest BCUT2D eigenvalue weighted by molar-refractivity contribution is -0.380. The minimum Gasteiger partial charge on any atom is -0.382 e. The van der Waals surface area contributed by atoms with Crippen LogP contribution in [-0.4, -0.2) is 29.8 Å². The van der Waals surface area contributed by atoms with E-state index in [2.05, 4.69) is 24.9 Å². The number of fused-ring (bicyclic) bond motifs is 1. The van der Waals surface area contributed by atoms with Crippen molar-refractivity contribution in [2.45, 2.75) is 9.50 Å². The second-order valence-electron chi connectivity index (χ2n) is 3.32. The Hall–Kier alpha value is -2.27. The Kier molecular flexibility index (Phi) is 2.76. The van der Waals surface area contributed by atoms with Gasteiger partial charge in [-0.05, 0) is 23.1 Å². The number of thiazole rings is 1. The SMILES string of the molecule is Nc1ncnc2nc(Sc3ncc([N+](=O)[O-])s3)[nH]c12. The van der Waals surface area contributed by atoms with Gasteiger partial charge in [-0.15, -0.1) is 0 Å². The molecule has 96 valence electrons. The van der Waals surface area contributed by atoms with Gasteiger partial charge in [0.1, 0.15) is 18.0 Å². The van der Waals surface area contributed by atoms with Crippen LogP contribution in [0.5, 0.6) is 0 Å². The number of rotatable bonds is 3. The van der Waals surface area contributed by atoms with Gasteiger partial charge in [-0.1, -0.05) is 0 Å². The number of nitrogens with one attached hydrogen (secondary N) is 1. The normalized spacial score (nSPS) is 10.9. The predicted molar refractivity (Wildman–Crippen MR) is 69.0 cm³/mol. The molecule has 0 saturated carbocycles. The third-order valence-corrected chi connectivity index (χ3v) is 4.04. The summed E-state index contributed by atoms with van der Waals surface area (Å²) in [4.78, 5) is 29.0. The molecular formula is C8H5N7O2S2. The van der Waals surface area contributed by atoms with Crippen molar-refractivity contribution < 1.29 is 4.92 Å². The molecule has 0 aliphatic carbocycles. The molecule has 0 bridgehead atoms. The number of imidazole rings is 1. The summed E-state index contributed by atoms with van der Waals surface area (Å²) in [5.74, 6) is 0.300. The van der Waals surface area contributed by atoms with E-state index in [1.165, 1.54) is 24.3 Å². The summed E-state index contributed by atoms with van der Waals surface area (Å²) in [6.45, 7) is 0. The van der Waals surface area contributed by atoms with E-state index in [0.717, 1.165) is 11.3 Å². The van der Waals surface area contributed by atoms with Crippen LogP contribution in [0.1, 0.15) is 0 Å². The quantitative estimate of drug-likeness (QED) is 0.547. The maximum absolute atomic E-state index is 10.6. The van der Waals surface area contributed by atoms with Crippen LogP contribution in [0.2, 0.25) is 0 Å². The number of aromatic nitrogens is 5. The van der Waals surface area contributed by atoms with Crippen molar-refractivity contribution in [1.29, 1.82) is 0 Å². The van der Waals surface area contributed by atoms with E-state index in [4.69, 9.17) is 5.73 Å². The lowest BCUT2D eigenvalue weighted by Crippen LogP contribution is -1.91. The summed E-state index contributed by atoms with van der Waals surface area (Å²) in [5, 5.41) is 11.1. The summed E-state index contributed by atoms with van der Waals surface area (Å²) in [5.41, 5.74) is 6.66. The first-order valence-electron chi connectivity index (χ1n) is 4.88. The molecule has 9 nitrogen and oxygen atoms in total. The predicted octanol–water partition coefficient (Wildman–Crippen LogP) is 1.45. The highest BCUT2D eigenvalue weighted by molar-refractivity contribution is 8.00. The van der Waals surface area contributed by atoms with Crippen molar-refractivity contribution in [3.8, 4) is 0 Å². The van der Waals surface area contributed by atoms with Gasteiger partial charge in [-0.2, -0.15) is 0 Å². The molecule has 0 amide bonds. The first-order valence-corrected chi connectivity index (χ1v) is 6.51. The fraction of sp³-hybridized carbons (Fsp3) is 0. The van der Waals surface area contributed by atoms with Gasteiger partial charge in [0, 0.05) is 0 Å². The Bertz CT molecular complexity index is 767. The molecule has 0 atom stereocenters. The highest BCUT2D eigenvalue weighted by Crippen LogP contribution is 2.33. The third kappa shape index (κ3) is 2.20. The highest BCUT2D eigenvalue weighted by atomic mass is 32.2. The molecule has 0 aliphatic heterocycles. The number of nitrogens with zero attached hydrogens (tertiary/aromatic N) is 5. The zero-order valence-corrected chi connectivity index (χ0v) is 10.7. The molecule has 3 N–H and O–H groups in total. The maximum atomic E-state index is 10.6. The lowest BCUT2D eigenvalue weighted by Gasteiger charge is -1.90. The van der Waals surface area contributed by atoms with Crippen molar-refractivity contribution in [3.05, 3.63) is 22.6 Å². The standard InChI is InChI=1S/C8H5N7O2S2/c9-5-4-6(12-2-11-5)14-7(13-4)19-8-10-1-3(18-8)15(16)17/h1-2H,(H3,9,11,12,13,14). The molecule has 3 aromatic rings. The number of hydrogen-bond donors (Lipinski definition) is 2. The topological polar surface area (TPSA) is 137 Å². The molecule has 3 rings (SSSR count). The number of hydrogen-bond acceptors (Lipinski definition) is 9. The van der Waals surface area contributed by atoms with E-state index in [9.17, 15) is 10.1 Å². The van der Waals surface area contributed by atoms with Crippen molar-refractivity contribution in [2.75, 3.05) is 5.73 Å². The number of aromatic amines is 1. The Balaban J connectivity index is 1.92. The Morgan fingerprint density at radius 2 is 2.26 bits per heavy atom. The molecule has 0 aliphatic rings. The van der Waals surface area contributed by atoms with Crippen molar-refractivity contribution in [2.24, 2.45) is 0 Å². The number of H-pyrrole nitrogens is 1. The fourth-order valence-corrected chi connectivity index (χ4v) is 3.02. The summed E-state index contributed by atoms with van der Waals surface area (Å²) >= 11 is 2.15. The molecule has 0 radical (unpaired) electrons. The molecule has 0 saturated heterocycles. The molecule has 0 spiro atoms. The number of anilines is 1. The second kappa shape index (κ2) is 4.44. The van der Waals surface area contributed by atoms with E-state index in [-0.39, 0.29) is 5.00 Å². The molecule has 11 heteroatoms. The highest BCUT2D eigenvalue weighted by Gasteiger charge is 2.15. The number of nitrogens with two attached hydrogens (primary N) is 1. The number of nitro groups is 1. The van der Waals surface area contributed by atoms with Crippen LogP contribution in [0.15, 0.2) is 22.0 Å². The molecule has 0 fully saturated rings. The molecule has 19 heavy (non-hydrogen) atoms. The number of nitrogen functional groups attached to an aromatic ring is 1. The zero-order chi connectivity index (χ0) is 13.4. The molecule has 3 aromatic heterocycles. The molecule has 3 heterocycles. The van der Waals surface area contributed by atoms with Crippen LogP contribution in [0.3, 0.4) is 0 Å². The lowest BCUT2D eigenvalue weighted by atomic mass is 10.5. The van der Waals surface area contributed by atoms with E-state index >= 15 is 0 Å². The molecule has 0 unspecified atom stereocenters. The van der Waals surface area contributed by atoms with E-state index in [1.807, 2.05) is 0 Å². The Labute approximate surface area is 113 Å². The smallest absolute Gasteiger partial charge is 0.344 e. The fourth-order valence-electron chi connectivity index (χ4n) is 1.34. The summed E-state index contributed by atoms with van der Waals surface area (Å²) in [6, 6.07) is 0. The van der Waals surface area contributed by atoms with Crippen LogP contribution in [0.25, 0.3) is 11.2 Å². The average Bonchev–Trinajstić information content (AvgIpc) is 2.96. The van der Waals surface area contributed by atoms with Gasteiger partial charge in [0.15, 0.2) is 21.0 Å². The van der Waals surface area contributed by atoms with E-state index in [1.54, 1.807) is 0 Å². The van der Waals surface area contributed by atoms with Crippen LogP contribution >= 0.6 is 23.1 Å². The largest absolute Gasteiger partial charge is 0.382 e. The zero-order valence-electron chi connectivity index (χ0n) is 9.10. The van der Waals surface area contributed by atoms with Gasteiger partial charge in [0.05, 0.1) is 4.92 Å². The van der Waals surface area contributed by atoms with Gasteiger partial charge >= 0.3 is 5.00 Å². The van der Waals surface area contributed by atoms with E-state index < -0.39 is 4.92 Å².